The molecule has 0 radical (unpaired) electrons. The van der Waals surface area contributed by atoms with E-state index in [1.165, 1.54) is 19.2 Å². The van der Waals surface area contributed by atoms with Crippen molar-refractivity contribution in [2.24, 2.45) is 11.0 Å². The van der Waals surface area contributed by atoms with Crippen molar-refractivity contribution in [1.82, 2.24) is 5.01 Å². The molecule has 0 saturated heterocycles. The molecule has 0 aromatic heterocycles. The number of alkyl halides is 3. The lowest BCUT2D eigenvalue weighted by Crippen LogP contribution is -2.57. The molecule has 0 spiro atoms. The minimum Gasteiger partial charge on any atom is -0.497 e. The van der Waals surface area contributed by atoms with Gasteiger partial charge in [0.05, 0.1) is 7.11 Å². The van der Waals surface area contributed by atoms with Gasteiger partial charge >= 0.3 is 6.18 Å². The molecule has 0 saturated carbocycles. The zero-order valence-corrected chi connectivity index (χ0v) is 15.4. The minimum atomic E-state index is -5.04. The maximum atomic E-state index is 13.4. The Kier molecular flexibility index (Phi) is 6.35. The monoisotopic (exact) mass is 388 g/mol. The Hall–Kier alpha value is -2.29. The summed E-state index contributed by atoms with van der Waals surface area (Å²) in [6.07, 6.45) is -4.90. The maximum absolute atomic E-state index is 13.4. The largest absolute Gasteiger partial charge is 0.497 e. The number of carbonyl (C=O) groups excluding carboxylic acids is 1. The van der Waals surface area contributed by atoms with E-state index in [0.717, 1.165) is 0 Å². The molecule has 150 valence electrons. The van der Waals surface area contributed by atoms with E-state index in [-0.39, 0.29) is 28.8 Å². The van der Waals surface area contributed by atoms with Crippen LogP contribution in [0.25, 0.3) is 0 Å². The Morgan fingerprint density at radius 2 is 1.89 bits per heavy atom. The summed E-state index contributed by atoms with van der Waals surface area (Å²) >= 11 is 0. The second-order valence-electron chi connectivity index (χ2n) is 6.76. The number of aliphatic hydroxyl groups is 1. The molecule has 1 aromatic rings. The number of amides is 1. The molecule has 1 aromatic carbocycles. The van der Waals surface area contributed by atoms with Crippen LogP contribution in [-0.4, -0.2) is 47.4 Å². The Labute approximate surface area is 155 Å². The SMILES string of the molecule is COc1ccc(OCC(=O)N2N=C(CCC(C)C)C[C@@]2(O)C(F)(F)F)cc1. The van der Waals surface area contributed by atoms with Crippen molar-refractivity contribution in [3.05, 3.63) is 24.3 Å². The standard InChI is InChI=1S/C18H23F3N2O4/c1-12(2)4-5-13-10-17(25,18(19,20)21)23(22-13)16(24)11-27-15-8-6-14(26-3)7-9-15/h6-9,12,25H,4-5,10-11H2,1-3H3/t17-/m1/s1. The first-order chi connectivity index (χ1) is 12.6. The lowest BCUT2D eigenvalue weighted by Gasteiger charge is -2.32. The first kappa shape index (κ1) is 21.0. The highest BCUT2D eigenvalue weighted by Crippen LogP contribution is 2.41. The fourth-order valence-electron chi connectivity index (χ4n) is 2.57. The first-order valence-corrected chi connectivity index (χ1v) is 8.52. The van der Waals surface area contributed by atoms with E-state index in [1.54, 1.807) is 12.1 Å². The molecular weight excluding hydrogens is 365 g/mol. The molecule has 0 fully saturated rings. The van der Waals surface area contributed by atoms with Gasteiger partial charge < -0.3 is 14.6 Å². The predicted octanol–water partition coefficient (Wildman–Crippen LogP) is 3.35. The number of rotatable bonds is 7. The van der Waals surface area contributed by atoms with Crippen LogP contribution in [0.3, 0.4) is 0 Å². The van der Waals surface area contributed by atoms with E-state index in [2.05, 4.69) is 5.10 Å². The lowest BCUT2D eigenvalue weighted by molar-refractivity contribution is -0.302. The number of hydrogen-bond acceptors (Lipinski definition) is 5. The Morgan fingerprint density at radius 3 is 2.41 bits per heavy atom. The van der Waals surface area contributed by atoms with Crippen LogP contribution in [0.2, 0.25) is 0 Å². The van der Waals surface area contributed by atoms with E-state index < -0.39 is 30.8 Å². The predicted molar refractivity (Wildman–Crippen MR) is 92.5 cm³/mol. The van der Waals surface area contributed by atoms with E-state index in [1.807, 2.05) is 13.8 Å². The number of carbonyl (C=O) groups is 1. The molecule has 1 atom stereocenters. The Balaban J connectivity index is 2.10. The van der Waals surface area contributed by atoms with E-state index in [9.17, 15) is 23.1 Å². The van der Waals surface area contributed by atoms with Gasteiger partial charge in [-0.1, -0.05) is 13.8 Å². The highest BCUT2D eigenvalue weighted by molar-refractivity contribution is 5.91. The van der Waals surface area contributed by atoms with Crippen LogP contribution in [0.4, 0.5) is 13.2 Å². The zero-order chi connectivity index (χ0) is 20.2. The molecule has 27 heavy (non-hydrogen) atoms. The molecule has 1 amide bonds. The second kappa shape index (κ2) is 8.16. The van der Waals surface area contributed by atoms with Gasteiger partial charge in [0.2, 0.25) is 0 Å². The van der Waals surface area contributed by atoms with Gasteiger partial charge in [-0.15, -0.1) is 0 Å². The topological polar surface area (TPSA) is 71.4 Å². The molecule has 0 aliphatic carbocycles. The van der Waals surface area contributed by atoms with Crippen LogP contribution in [0.5, 0.6) is 11.5 Å². The zero-order valence-electron chi connectivity index (χ0n) is 15.4. The van der Waals surface area contributed by atoms with Crippen molar-refractivity contribution < 1.29 is 32.5 Å². The summed E-state index contributed by atoms with van der Waals surface area (Å²) in [4.78, 5) is 12.3. The molecule has 1 N–H and O–H groups in total. The van der Waals surface area contributed by atoms with Crippen LogP contribution >= 0.6 is 0 Å². The highest BCUT2D eigenvalue weighted by Gasteiger charge is 2.63. The Morgan fingerprint density at radius 1 is 1.30 bits per heavy atom. The van der Waals surface area contributed by atoms with Crippen molar-refractivity contribution in [3.63, 3.8) is 0 Å². The average Bonchev–Trinajstić information content (AvgIpc) is 2.96. The molecular formula is C18H23F3N2O4. The van der Waals surface area contributed by atoms with Gasteiger partial charge in [0.15, 0.2) is 6.61 Å². The lowest BCUT2D eigenvalue weighted by atomic mass is 9.99. The molecule has 1 aliphatic rings. The second-order valence-corrected chi connectivity index (χ2v) is 6.76. The van der Waals surface area contributed by atoms with Crippen molar-refractivity contribution >= 4 is 11.6 Å². The van der Waals surface area contributed by atoms with E-state index in [4.69, 9.17) is 9.47 Å². The van der Waals surface area contributed by atoms with Gasteiger partial charge in [-0.2, -0.15) is 23.3 Å². The fourth-order valence-corrected chi connectivity index (χ4v) is 2.57. The van der Waals surface area contributed by atoms with Gasteiger partial charge in [-0.25, -0.2) is 0 Å². The van der Waals surface area contributed by atoms with Gasteiger partial charge in [0.1, 0.15) is 11.5 Å². The maximum Gasteiger partial charge on any atom is 0.438 e. The minimum absolute atomic E-state index is 0.103. The molecule has 9 heteroatoms. The van der Waals surface area contributed by atoms with Crippen molar-refractivity contribution in [3.8, 4) is 11.5 Å². The molecule has 0 unspecified atom stereocenters. The molecule has 1 heterocycles. The number of methoxy groups -OCH3 is 1. The van der Waals surface area contributed by atoms with Gasteiger partial charge in [-0.05, 0) is 43.0 Å². The molecule has 2 rings (SSSR count). The molecule has 0 bridgehead atoms. The summed E-state index contributed by atoms with van der Waals surface area (Å²) < 4.78 is 50.4. The summed E-state index contributed by atoms with van der Waals surface area (Å²) in [7, 11) is 1.49. The smallest absolute Gasteiger partial charge is 0.438 e. The van der Waals surface area contributed by atoms with Crippen LogP contribution in [0.1, 0.15) is 33.1 Å². The highest BCUT2D eigenvalue weighted by atomic mass is 19.4. The van der Waals surface area contributed by atoms with E-state index >= 15 is 0 Å². The van der Waals surface area contributed by atoms with Gasteiger partial charge in [0.25, 0.3) is 11.6 Å². The number of hydrazone groups is 1. The Bertz CT molecular complexity index is 689. The summed E-state index contributed by atoms with van der Waals surface area (Å²) in [6, 6.07) is 6.21. The van der Waals surface area contributed by atoms with Gasteiger partial charge in [-0.3, -0.25) is 4.79 Å². The molecule has 1 aliphatic heterocycles. The quantitative estimate of drug-likeness (QED) is 0.778. The van der Waals surface area contributed by atoms with Crippen LogP contribution < -0.4 is 9.47 Å². The first-order valence-electron chi connectivity index (χ1n) is 8.52. The summed E-state index contributed by atoms with van der Waals surface area (Å²) in [5, 5.41) is 14.0. The number of ether oxygens (including phenoxy) is 2. The van der Waals surface area contributed by atoms with Crippen molar-refractivity contribution in [2.45, 2.75) is 45.0 Å². The number of benzene rings is 1. The number of halogens is 3. The third kappa shape index (κ3) is 4.91. The van der Waals surface area contributed by atoms with Crippen LogP contribution in [-0.2, 0) is 4.79 Å². The molecule has 6 nitrogen and oxygen atoms in total. The fraction of sp³-hybridized carbons (Fsp3) is 0.556. The third-order valence-corrected chi connectivity index (χ3v) is 4.16. The average molecular weight is 388 g/mol. The van der Waals surface area contributed by atoms with Crippen molar-refractivity contribution in [2.75, 3.05) is 13.7 Å². The summed E-state index contributed by atoms with van der Waals surface area (Å²) in [5.74, 6) is 0.0296. The third-order valence-electron chi connectivity index (χ3n) is 4.16. The summed E-state index contributed by atoms with van der Waals surface area (Å²) in [5.41, 5.74) is -3.21. The number of nitrogens with zero attached hydrogens (tertiary/aromatic N) is 2. The summed E-state index contributed by atoms with van der Waals surface area (Å²) in [6.45, 7) is 3.17. The normalized spacial score (nSPS) is 20.0. The van der Waals surface area contributed by atoms with Crippen LogP contribution in [0, 0.1) is 5.92 Å². The number of hydrogen-bond donors (Lipinski definition) is 1. The van der Waals surface area contributed by atoms with Crippen molar-refractivity contribution in [1.29, 1.82) is 0 Å². The van der Waals surface area contributed by atoms with Crippen LogP contribution in [0.15, 0.2) is 29.4 Å². The van der Waals surface area contributed by atoms with Gasteiger partial charge in [0, 0.05) is 12.1 Å². The van der Waals surface area contributed by atoms with E-state index in [0.29, 0.717) is 12.2 Å².